The van der Waals surface area contributed by atoms with E-state index in [2.05, 4.69) is 65.6 Å². The second-order valence-electron chi connectivity index (χ2n) is 7.10. The number of phenolic OH excluding ortho intramolecular Hbond substituents is 1. The van der Waals surface area contributed by atoms with Crippen molar-refractivity contribution in [2.75, 3.05) is 11.4 Å². The molecule has 1 N–H and O–H groups in total. The van der Waals surface area contributed by atoms with Crippen LogP contribution in [0.4, 0.5) is 5.69 Å². The van der Waals surface area contributed by atoms with E-state index in [1.165, 1.54) is 16.8 Å². The molecule has 2 heteroatoms. The Balaban J connectivity index is 1.80. The smallest absolute Gasteiger partial charge is 0.121 e. The molecule has 0 bridgehead atoms. The quantitative estimate of drug-likeness (QED) is 0.501. The molecule has 1 atom stereocenters. The third kappa shape index (κ3) is 2.65. The van der Waals surface area contributed by atoms with Gasteiger partial charge in [-0.2, -0.15) is 0 Å². The van der Waals surface area contributed by atoms with Gasteiger partial charge in [0.25, 0.3) is 0 Å². The number of nitrogens with zero attached hydrogens (tertiary/aromatic N) is 1. The van der Waals surface area contributed by atoms with Crippen molar-refractivity contribution in [1.82, 2.24) is 0 Å². The molecule has 0 spiro atoms. The average Bonchev–Trinajstić information content (AvgIpc) is 2.74. The molecular formula is C25H21NO. The number of hydrogen-bond acceptors (Lipinski definition) is 2. The van der Waals surface area contributed by atoms with Crippen LogP contribution >= 0.6 is 0 Å². The normalized spacial score (nSPS) is 16.3. The summed E-state index contributed by atoms with van der Waals surface area (Å²) in [6.07, 6.45) is 1.01. The fourth-order valence-electron chi connectivity index (χ4n) is 4.35. The molecule has 0 radical (unpaired) electrons. The molecular weight excluding hydrogens is 330 g/mol. The molecule has 1 aliphatic heterocycles. The Morgan fingerprint density at radius 1 is 0.741 bits per heavy atom. The van der Waals surface area contributed by atoms with Crippen LogP contribution in [0.15, 0.2) is 91.0 Å². The number of aromatic hydroxyl groups is 1. The SMILES string of the molecule is Oc1ccc2ccccc2c1C1c2ccccc2CCN1c1ccccc1. The lowest BCUT2D eigenvalue weighted by Gasteiger charge is -2.40. The zero-order valence-corrected chi connectivity index (χ0v) is 15.0. The molecule has 0 aliphatic carbocycles. The van der Waals surface area contributed by atoms with Crippen molar-refractivity contribution >= 4 is 16.5 Å². The van der Waals surface area contributed by atoms with Gasteiger partial charge in [0.15, 0.2) is 0 Å². The van der Waals surface area contributed by atoms with E-state index in [1.54, 1.807) is 0 Å². The van der Waals surface area contributed by atoms with E-state index in [0.717, 1.165) is 29.3 Å². The number of fused-ring (bicyclic) bond motifs is 2. The van der Waals surface area contributed by atoms with Crippen LogP contribution in [0.3, 0.4) is 0 Å². The second kappa shape index (κ2) is 6.48. The number of hydrogen-bond donors (Lipinski definition) is 1. The maximum Gasteiger partial charge on any atom is 0.121 e. The topological polar surface area (TPSA) is 23.5 Å². The number of anilines is 1. The highest BCUT2D eigenvalue weighted by atomic mass is 16.3. The van der Waals surface area contributed by atoms with Gasteiger partial charge in [0.1, 0.15) is 5.75 Å². The lowest BCUT2D eigenvalue weighted by molar-refractivity contribution is 0.463. The fourth-order valence-corrected chi connectivity index (χ4v) is 4.35. The van der Waals surface area contributed by atoms with Crippen LogP contribution in [0.5, 0.6) is 5.75 Å². The lowest BCUT2D eigenvalue weighted by Crippen LogP contribution is -2.36. The molecule has 4 aromatic carbocycles. The van der Waals surface area contributed by atoms with Crippen molar-refractivity contribution in [2.45, 2.75) is 12.5 Å². The van der Waals surface area contributed by atoms with Crippen LogP contribution in [0.1, 0.15) is 22.7 Å². The molecule has 4 aromatic rings. The Morgan fingerprint density at radius 2 is 1.48 bits per heavy atom. The summed E-state index contributed by atoms with van der Waals surface area (Å²) < 4.78 is 0. The zero-order chi connectivity index (χ0) is 18.2. The van der Waals surface area contributed by atoms with Gasteiger partial charge in [-0.25, -0.2) is 0 Å². The molecule has 0 amide bonds. The molecule has 1 aliphatic rings. The molecule has 0 saturated carbocycles. The summed E-state index contributed by atoms with van der Waals surface area (Å²) in [7, 11) is 0. The van der Waals surface area contributed by atoms with E-state index < -0.39 is 0 Å². The van der Waals surface area contributed by atoms with Gasteiger partial charge < -0.3 is 10.0 Å². The standard InChI is InChI=1S/C25H21NO/c27-23-15-14-18-8-4-6-12-21(18)24(23)25-22-13-7-5-9-19(22)16-17-26(25)20-10-2-1-3-11-20/h1-15,25,27H,16-17H2. The van der Waals surface area contributed by atoms with Gasteiger partial charge in [0.2, 0.25) is 0 Å². The Kier molecular flexibility index (Phi) is 3.83. The molecule has 5 rings (SSSR count). The average molecular weight is 351 g/mol. The minimum atomic E-state index is -0.0107. The van der Waals surface area contributed by atoms with Crippen LogP contribution < -0.4 is 4.90 Å². The maximum atomic E-state index is 10.9. The molecule has 0 aromatic heterocycles. The van der Waals surface area contributed by atoms with E-state index in [1.807, 2.05) is 30.3 Å². The summed E-state index contributed by atoms with van der Waals surface area (Å²) >= 11 is 0. The van der Waals surface area contributed by atoms with Gasteiger partial charge in [-0.1, -0.05) is 72.8 Å². The van der Waals surface area contributed by atoms with E-state index in [0.29, 0.717) is 5.75 Å². The van der Waals surface area contributed by atoms with E-state index in [9.17, 15) is 5.11 Å². The Morgan fingerprint density at radius 3 is 2.37 bits per heavy atom. The fraction of sp³-hybridized carbons (Fsp3) is 0.120. The number of rotatable bonds is 2. The van der Waals surface area contributed by atoms with Crippen molar-refractivity contribution < 1.29 is 5.11 Å². The van der Waals surface area contributed by atoms with Crippen molar-refractivity contribution in [2.24, 2.45) is 0 Å². The molecule has 0 saturated heterocycles. The second-order valence-corrected chi connectivity index (χ2v) is 7.10. The highest BCUT2D eigenvalue weighted by Crippen LogP contribution is 2.44. The highest BCUT2D eigenvalue weighted by molar-refractivity contribution is 5.89. The van der Waals surface area contributed by atoms with Crippen LogP contribution in [0, 0.1) is 0 Å². The number of benzene rings is 4. The zero-order valence-electron chi connectivity index (χ0n) is 15.0. The maximum absolute atomic E-state index is 10.9. The first-order valence-corrected chi connectivity index (χ1v) is 9.43. The Hall–Kier alpha value is -3.26. The van der Waals surface area contributed by atoms with Gasteiger partial charge in [0.05, 0.1) is 6.04 Å². The molecule has 2 nitrogen and oxygen atoms in total. The van der Waals surface area contributed by atoms with Crippen LogP contribution in [-0.2, 0) is 6.42 Å². The van der Waals surface area contributed by atoms with Crippen LogP contribution in [0.2, 0.25) is 0 Å². The van der Waals surface area contributed by atoms with Crippen molar-refractivity contribution in [1.29, 1.82) is 0 Å². The van der Waals surface area contributed by atoms with Crippen LogP contribution in [-0.4, -0.2) is 11.7 Å². The van der Waals surface area contributed by atoms with E-state index in [-0.39, 0.29) is 6.04 Å². The summed E-state index contributed by atoms with van der Waals surface area (Å²) in [4.78, 5) is 2.42. The van der Waals surface area contributed by atoms with Crippen molar-refractivity contribution in [3.8, 4) is 5.75 Å². The molecule has 1 unspecified atom stereocenters. The van der Waals surface area contributed by atoms with Gasteiger partial charge >= 0.3 is 0 Å². The Bertz CT molecular complexity index is 1100. The van der Waals surface area contributed by atoms with E-state index in [4.69, 9.17) is 0 Å². The summed E-state index contributed by atoms with van der Waals surface area (Å²) in [5.74, 6) is 0.358. The monoisotopic (exact) mass is 351 g/mol. The summed E-state index contributed by atoms with van der Waals surface area (Å²) in [5, 5.41) is 13.2. The van der Waals surface area contributed by atoms with Gasteiger partial charge in [-0.15, -0.1) is 0 Å². The summed E-state index contributed by atoms with van der Waals surface area (Å²) in [5.41, 5.74) is 4.81. The number of phenols is 1. The molecule has 0 fully saturated rings. The first-order valence-electron chi connectivity index (χ1n) is 9.43. The first kappa shape index (κ1) is 16.0. The van der Waals surface area contributed by atoms with Crippen LogP contribution in [0.25, 0.3) is 10.8 Å². The van der Waals surface area contributed by atoms with Gasteiger partial charge in [-0.3, -0.25) is 0 Å². The van der Waals surface area contributed by atoms with Gasteiger partial charge in [-0.05, 0) is 46.5 Å². The minimum Gasteiger partial charge on any atom is -0.508 e. The van der Waals surface area contributed by atoms with Gasteiger partial charge in [0, 0.05) is 17.8 Å². The largest absolute Gasteiger partial charge is 0.508 e. The van der Waals surface area contributed by atoms with Crippen molar-refractivity contribution in [3.63, 3.8) is 0 Å². The third-order valence-corrected chi connectivity index (χ3v) is 5.59. The molecule has 1 heterocycles. The van der Waals surface area contributed by atoms with Crippen molar-refractivity contribution in [3.05, 3.63) is 108 Å². The van der Waals surface area contributed by atoms with E-state index >= 15 is 0 Å². The summed E-state index contributed by atoms with van der Waals surface area (Å²) in [6.45, 7) is 0.925. The predicted octanol–water partition coefficient (Wildman–Crippen LogP) is 5.70. The first-order chi connectivity index (χ1) is 13.3. The molecule has 27 heavy (non-hydrogen) atoms. The highest BCUT2D eigenvalue weighted by Gasteiger charge is 2.31. The lowest BCUT2D eigenvalue weighted by atomic mass is 9.85. The summed E-state index contributed by atoms with van der Waals surface area (Å²) in [6, 6.07) is 31.3. The third-order valence-electron chi connectivity index (χ3n) is 5.59. The molecule has 132 valence electrons. The Labute approximate surface area is 159 Å². The minimum absolute atomic E-state index is 0.0107. The predicted molar refractivity (Wildman–Crippen MR) is 111 cm³/mol. The number of para-hydroxylation sites is 1.